The number of amides is 1. The molecule has 1 aliphatic rings. The number of aliphatic hydroxyl groups is 1. The molecule has 0 bridgehead atoms. The van der Waals surface area contributed by atoms with Gasteiger partial charge >= 0.3 is 0 Å². The number of Topliss-reactive ketones (excluding diaryl/α,β-unsaturated/α-hetero) is 1. The van der Waals surface area contributed by atoms with Crippen LogP contribution in [0.3, 0.4) is 0 Å². The molecule has 1 heterocycles. The summed E-state index contributed by atoms with van der Waals surface area (Å²) in [6.45, 7) is 7.34. The van der Waals surface area contributed by atoms with Crippen LogP contribution in [0, 0.1) is 0 Å². The second kappa shape index (κ2) is 10.8. The quantitative estimate of drug-likeness (QED) is 0.258. The van der Waals surface area contributed by atoms with Gasteiger partial charge in [-0.05, 0) is 63.0 Å². The van der Waals surface area contributed by atoms with Gasteiger partial charge in [0.05, 0.1) is 18.2 Å². The molecule has 2 aromatic carbocycles. The van der Waals surface area contributed by atoms with Gasteiger partial charge in [0.2, 0.25) is 0 Å². The summed E-state index contributed by atoms with van der Waals surface area (Å²) in [5.41, 5.74) is 1.23. The molecule has 1 amide bonds. The molecule has 0 spiro atoms. The topological polar surface area (TPSA) is 79.3 Å². The smallest absolute Gasteiger partial charge is 0.295 e. The van der Waals surface area contributed by atoms with Gasteiger partial charge in [-0.25, -0.2) is 0 Å². The van der Waals surface area contributed by atoms with Crippen LogP contribution in [0.15, 0.2) is 66.8 Å². The van der Waals surface area contributed by atoms with E-state index in [4.69, 9.17) is 9.47 Å². The van der Waals surface area contributed by atoms with E-state index in [1.54, 1.807) is 42.5 Å². The van der Waals surface area contributed by atoms with Gasteiger partial charge in [0, 0.05) is 18.7 Å². The van der Waals surface area contributed by atoms with Crippen molar-refractivity contribution in [3.63, 3.8) is 0 Å². The fraction of sp³-hybridized carbons (Fsp3) is 0.308. The molecule has 1 unspecified atom stereocenters. The van der Waals surface area contributed by atoms with Gasteiger partial charge in [-0.15, -0.1) is 0 Å². The highest BCUT2D eigenvalue weighted by Crippen LogP contribution is 2.39. The summed E-state index contributed by atoms with van der Waals surface area (Å²) in [7, 11) is 3.80. The molecule has 1 atom stereocenters. The van der Waals surface area contributed by atoms with Crippen LogP contribution in [-0.4, -0.2) is 67.0 Å². The molecule has 1 aliphatic heterocycles. The van der Waals surface area contributed by atoms with Crippen LogP contribution >= 0.6 is 0 Å². The molecule has 7 heteroatoms. The Hall–Kier alpha value is -3.58. The zero-order valence-electron chi connectivity index (χ0n) is 19.3. The normalized spacial score (nSPS) is 17.5. The Morgan fingerprint density at radius 2 is 1.67 bits per heavy atom. The van der Waals surface area contributed by atoms with Crippen LogP contribution in [0.25, 0.3) is 5.76 Å². The third kappa shape index (κ3) is 5.43. The summed E-state index contributed by atoms with van der Waals surface area (Å²) >= 11 is 0. The number of rotatable bonds is 10. The number of benzene rings is 2. The molecule has 0 saturated carbocycles. The minimum Gasteiger partial charge on any atom is -0.507 e. The van der Waals surface area contributed by atoms with E-state index < -0.39 is 17.7 Å². The number of nitrogens with zero attached hydrogens (tertiary/aromatic N) is 2. The van der Waals surface area contributed by atoms with Gasteiger partial charge in [0.25, 0.3) is 11.7 Å². The van der Waals surface area contributed by atoms with E-state index in [0.717, 1.165) is 0 Å². The van der Waals surface area contributed by atoms with Crippen LogP contribution in [0.2, 0.25) is 0 Å². The van der Waals surface area contributed by atoms with E-state index in [9.17, 15) is 14.7 Å². The average molecular weight is 451 g/mol. The Kier molecular flexibility index (Phi) is 7.90. The Morgan fingerprint density at radius 1 is 1.06 bits per heavy atom. The highest BCUT2D eigenvalue weighted by atomic mass is 16.5. The fourth-order valence-corrected chi connectivity index (χ4v) is 3.70. The molecule has 0 aliphatic carbocycles. The molecule has 1 saturated heterocycles. The number of ether oxygens (including phenoxy) is 2. The molecule has 174 valence electrons. The maximum Gasteiger partial charge on any atom is 0.295 e. The standard InChI is InChI=1S/C26H30N2O5/c1-5-17-33-21-11-7-18(8-12-21)23-22(25(30)26(31)28(23)16-15-27(3)4)24(29)19-9-13-20(14-10-19)32-6-2/h5,7-14,23,29H,1,6,15-17H2,2-4H3/b24-22-. The van der Waals surface area contributed by atoms with Crippen molar-refractivity contribution in [1.29, 1.82) is 0 Å². The number of ketones is 1. The molecular weight excluding hydrogens is 420 g/mol. The highest BCUT2D eigenvalue weighted by Gasteiger charge is 2.45. The molecule has 0 radical (unpaired) electrons. The number of hydrogen-bond donors (Lipinski definition) is 1. The van der Waals surface area contributed by atoms with Gasteiger partial charge < -0.3 is 24.4 Å². The zero-order valence-corrected chi connectivity index (χ0v) is 19.3. The average Bonchev–Trinajstić information content (AvgIpc) is 3.06. The summed E-state index contributed by atoms with van der Waals surface area (Å²) in [5, 5.41) is 11.1. The van der Waals surface area contributed by atoms with Crippen LogP contribution < -0.4 is 9.47 Å². The van der Waals surface area contributed by atoms with E-state index in [1.807, 2.05) is 38.1 Å². The number of likely N-dealkylation sites (N-methyl/N-ethyl adjacent to an activating group) is 1. The highest BCUT2D eigenvalue weighted by molar-refractivity contribution is 6.46. The molecule has 2 aromatic rings. The Labute approximate surface area is 194 Å². The van der Waals surface area contributed by atoms with Gasteiger partial charge in [0.1, 0.15) is 23.9 Å². The van der Waals surface area contributed by atoms with E-state index in [0.29, 0.717) is 48.9 Å². The predicted molar refractivity (Wildman–Crippen MR) is 127 cm³/mol. The maximum atomic E-state index is 13.1. The molecular formula is C26H30N2O5. The molecule has 1 fully saturated rings. The lowest BCUT2D eigenvalue weighted by Crippen LogP contribution is -2.35. The second-order valence-corrected chi connectivity index (χ2v) is 7.92. The lowest BCUT2D eigenvalue weighted by atomic mass is 9.95. The monoisotopic (exact) mass is 450 g/mol. The number of carbonyl (C=O) groups excluding carboxylic acids is 2. The second-order valence-electron chi connectivity index (χ2n) is 7.92. The lowest BCUT2D eigenvalue weighted by molar-refractivity contribution is -0.140. The van der Waals surface area contributed by atoms with Gasteiger partial charge in [-0.2, -0.15) is 0 Å². The van der Waals surface area contributed by atoms with Crippen molar-refractivity contribution in [1.82, 2.24) is 9.80 Å². The maximum absolute atomic E-state index is 13.1. The lowest BCUT2D eigenvalue weighted by Gasteiger charge is -2.26. The van der Waals surface area contributed by atoms with E-state index in [1.165, 1.54) is 4.90 Å². The summed E-state index contributed by atoms with van der Waals surface area (Å²) in [5.74, 6) is -0.221. The Morgan fingerprint density at radius 3 is 2.24 bits per heavy atom. The van der Waals surface area contributed by atoms with Crippen molar-refractivity contribution >= 4 is 17.4 Å². The molecule has 3 rings (SSSR count). The minimum atomic E-state index is -0.704. The predicted octanol–water partition coefficient (Wildman–Crippen LogP) is 3.63. The van der Waals surface area contributed by atoms with Crippen molar-refractivity contribution < 1.29 is 24.2 Å². The van der Waals surface area contributed by atoms with Gasteiger partial charge in [-0.1, -0.05) is 24.8 Å². The number of aliphatic hydroxyl groups excluding tert-OH is 1. The summed E-state index contributed by atoms with van der Waals surface area (Å²) in [6.07, 6.45) is 1.65. The van der Waals surface area contributed by atoms with Crippen molar-refractivity contribution in [2.45, 2.75) is 13.0 Å². The molecule has 33 heavy (non-hydrogen) atoms. The first-order valence-corrected chi connectivity index (χ1v) is 10.9. The van der Waals surface area contributed by atoms with E-state index in [-0.39, 0.29) is 11.3 Å². The number of carbonyl (C=O) groups is 2. The molecule has 0 aromatic heterocycles. The third-order valence-corrected chi connectivity index (χ3v) is 5.33. The molecule has 7 nitrogen and oxygen atoms in total. The summed E-state index contributed by atoms with van der Waals surface area (Å²) in [6, 6.07) is 13.3. The van der Waals surface area contributed by atoms with Gasteiger partial charge in [-0.3, -0.25) is 9.59 Å². The Bertz CT molecular complexity index is 1030. The van der Waals surface area contributed by atoms with Crippen LogP contribution in [0.1, 0.15) is 24.1 Å². The number of hydrogen-bond acceptors (Lipinski definition) is 6. The van der Waals surface area contributed by atoms with Gasteiger partial charge in [0.15, 0.2) is 0 Å². The van der Waals surface area contributed by atoms with Crippen molar-refractivity contribution in [2.24, 2.45) is 0 Å². The molecule has 1 N–H and O–H groups in total. The third-order valence-electron chi connectivity index (χ3n) is 5.33. The first-order valence-electron chi connectivity index (χ1n) is 10.9. The largest absolute Gasteiger partial charge is 0.507 e. The first-order chi connectivity index (χ1) is 15.9. The van der Waals surface area contributed by atoms with Crippen molar-refractivity contribution in [2.75, 3.05) is 40.4 Å². The number of likely N-dealkylation sites (tertiary alicyclic amines) is 1. The van der Waals surface area contributed by atoms with Crippen LogP contribution in [0.5, 0.6) is 11.5 Å². The minimum absolute atomic E-state index is 0.0719. The first kappa shape index (κ1) is 24.1. The summed E-state index contributed by atoms with van der Waals surface area (Å²) in [4.78, 5) is 29.5. The van der Waals surface area contributed by atoms with Crippen molar-refractivity contribution in [3.8, 4) is 11.5 Å². The SMILES string of the molecule is C=CCOc1ccc(C2/C(=C(/O)c3ccc(OCC)cc3)C(=O)C(=O)N2CCN(C)C)cc1. The fourth-order valence-electron chi connectivity index (χ4n) is 3.70. The van der Waals surface area contributed by atoms with Crippen molar-refractivity contribution in [3.05, 3.63) is 77.9 Å². The zero-order chi connectivity index (χ0) is 24.0. The Balaban J connectivity index is 2.05. The van der Waals surface area contributed by atoms with E-state index >= 15 is 0 Å². The van der Waals surface area contributed by atoms with E-state index in [2.05, 4.69) is 6.58 Å². The van der Waals surface area contributed by atoms with Crippen LogP contribution in [0.4, 0.5) is 0 Å². The summed E-state index contributed by atoms with van der Waals surface area (Å²) < 4.78 is 11.0. The van der Waals surface area contributed by atoms with Crippen LogP contribution in [-0.2, 0) is 9.59 Å².